The Morgan fingerprint density at radius 3 is 2.81 bits per heavy atom. The Labute approximate surface area is 118 Å². The molecule has 1 aromatic carbocycles. The first-order valence-corrected chi connectivity index (χ1v) is 6.32. The molecule has 5 nitrogen and oxygen atoms in total. The number of nitrogens with one attached hydrogen (secondary N) is 2. The van der Waals surface area contributed by atoms with Gasteiger partial charge in [-0.3, -0.25) is 9.59 Å². The number of H-pyrrole nitrogens is 1. The van der Waals surface area contributed by atoms with Gasteiger partial charge in [0.25, 0.3) is 5.56 Å². The lowest BCUT2D eigenvalue weighted by atomic mass is 9.86. The summed E-state index contributed by atoms with van der Waals surface area (Å²) in [5.41, 5.74) is -0.349. The van der Waals surface area contributed by atoms with Crippen LogP contribution in [0, 0.1) is 18.6 Å². The number of fused-ring (bicyclic) bond motifs is 1. The minimum Gasteiger partial charge on any atom is -0.310 e. The fraction of sp³-hybridized carbons (Fsp3) is 0.214. The first-order chi connectivity index (χ1) is 9.97. The zero-order chi connectivity index (χ0) is 15.1. The van der Waals surface area contributed by atoms with Crippen molar-refractivity contribution in [2.45, 2.75) is 19.3 Å². The first kappa shape index (κ1) is 13.4. The Balaban J connectivity index is 2.24. The molecule has 3 rings (SSSR count). The van der Waals surface area contributed by atoms with E-state index in [2.05, 4.69) is 15.3 Å². The van der Waals surface area contributed by atoms with E-state index in [-0.39, 0.29) is 23.4 Å². The van der Waals surface area contributed by atoms with Crippen LogP contribution in [0.15, 0.2) is 23.0 Å². The minimum atomic E-state index is -1.05. The average molecular weight is 291 g/mol. The Bertz CT molecular complexity index is 801. The molecule has 0 aliphatic carbocycles. The van der Waals surface area contributed by atoms with Crippen LogP contribution in [0.25, 0.3) is 0 Å². The van der Waals surface area contributed by atoms with Crippen molar-refractivity contribution in [1.29, 1.82) is 0 Å². The third-order valence-electron chi connectivity index (χ3n) is 3.43. The van der Waals surface area contributed by atoms with Gasteiger partial charge in [0, 0.05) is 12.3 Å². The Morgan fingerprint density at radius 1 is 1.29 bits per heavy atom. The third-order valence-corrected chi connectivity index (χ3v) is 3.43. The van der Waals surface area contributed by atoms with Gasteiger partial charge in [-0.05, 0) is 18.6 Å². The molecule has 7 heteroatoms. The van der Waals surface area contributed by atoms with Gasteiger partial charge in [0.1, 0.15) is 11.6 Å². The zero-order valence-electron chi connectivity index (χ0n) is 11.0. The molecule has 2 N–H and O–H groups in total. The summed E-state index contributed by atoms with van der Waals surface area (Å²) in [6.45, 7) is 1.57. The van der Waals surface area contributed by atoms with E-state index < -0.39 is 29.0 Å². The monoisotopic (exact) mass is 291 g/mol. The van der Waals surface area contributed by atoms with Crippen molar-refractivity contribution in [3.8, 4) is 0 Å². The van der Waals surface area contributed by atoms with E-state index in [0.29, 0.717) is 5.82 Å². The second-order valence-corrected chi connectivity index (χ2v) is 4.86. The van der Waals surface area contributed by atoms with Crippen molar-refractivity contribution >= 4 is 11.7 Å². The molecule has 1 aliphatic heterocycles. The largest absolute Gasteiger partial charge is 0.310 e. The van der Waals surface area contributed by atoms with E-state index in [1.807, 2.05) is 0 Å². The van der Waals surface area contributed by atoms with Crippen LogP contribution in [0.1, 0.15) is 29.3 Å². The second kappa shape index (κ2) is 4.76. The van der Waals surface area contributed by atoms with E-state index >= 15 is 0 Å². The highest BCUT2D eigenvalue weighted by molar-refractivity contribution is 5.94. The summed E-state index contributed by atoms with van der Waals surface area (Å²) in [4.78, 5) is 30.4. The van der Waals surface area contributed by atoms with Gasteiger partial charge >= 0.3 is 0 Å². The summed E-state index contributed by atoms with van der Waals surface area (Å²) in [5, 5.41) is 2.49. The number of hydrogen-bond donors (Lipinski definition) is 2. The topological polar surface area (TPSA) is 74.8 Å². The number of halogens is 2. The lowest BCUT2D eigenvalue weighted by molar-refractivity contribution is -0.116. The van der Waals surface area contributed by atoms with Crippen LogP contribution in [-0.2, 0) is 4.79 Å². The summed E-state index contributed by atoms with van der Waals surface area (Å²) in [7, 11) is 0. The van der Waals surface area contributed by atoms with E-state index in [0.717, 1.165) is 6.07 Å². The van der Waals surface area contributed by atoms with Gasteiger partial charge in [-0.2, -0.15) is 0 Å². The minimum absolute atomic E-state index is 0.0257. The fourth-order valence-corrected chi connectivity index (χ4v) is 2.54. The van der Waals surface area contributed by atoms with Gasteiger partial charge in [0.2, 0.25) is 5.91 Å². The molecule has 1 amide bonds. The summed E-state index contributed by atoms with van der Waals surface area (Å²) in [6, 6.07) is 3.70. The van der Waals surface area contributed by atoms with Gasteiger partial charge in [0.05, 0.1) is 5.56 Å². The highest BCUT2D eigenvalue weighted by atomic mass is 19.2. The van der Waals surface area contributed by atoms with Crippen LogP contribution in [0.3, 0.4) is 0 Å². The highest BCUT2D eigenvalue weighted by Crippen LogP contribution is 2.35. The van der Waals surface area contributed by atoms with Crippen molar-refractivity contribution in [3.05, 3.63) is 57.1 Å². The number of aromatic nitrogens is 2. The Hall–Kier alpha value is -2.57. The molecular formula is C14H11F2N3O2. The number of anilines is 1. The molecule has 1 aliphatic rings. The maximum absolute atomic E-state index is 14.0. The lowest BCUT2D eigenvalue weighted by Gasteiger charge is -2.24. The van der Waals surface area contributed by atoms with Gasteiger partial charge in [-0.25, -0.2) is 13.8 Å². The van der Waals surface area contributed by atoms with E-state index in [4.69, 9.17) is 0 Å². The molecule has 0 radical (unpaired) electrons. The number of aromatic amines is 1. The van der Waals surface area contributed by atoms with Crippen molar-refractivity contribution in [2.24, 2.45) is 0 Å². The average Bonchev–Trinajstić information content (AvgIpc) is 2.40. The van der Waals surface area contributed by atoms with Crippen LogP contribution < -0.4 is 10.9 Å². The molecule has 0 saturated heterocycles. The number of aryl methyl sites for hydroxylation is 1. The van der Waals surface area contributed by atoms with Crippen molar-refractivity contribution < 1.29 is 13.6 Å². The van der Waals surface area contributed by atoms with E-state index in [1.54, 1.807) is 6.92 Å². The van der Waals surface area contributed by atoms with E-state index in [9.17, 15) is 18.4 Å². The molecule has 108 valence electrons. The van der Waals surface area contributed by atoms with Crippen LogP contribution in [0.5, 0.6) is 0 Å². The third kappa shape index (κ3) is 2.20. The predicted octanol–water partition coefficient (Wildman–Crippen LogP) is 1.83. The molecule has 21 heavy (non-hydrogen) atoms. The summed E-state index contributed by atoms with van der Waals surface area (Å²) >= 11 is 0. The smallest absolute Gasteiger partial charge is 0.256 e. The van der Waals surface area contributed by atoms with Gasteiger partial charge < -0.3 is 10.3 Å². The van der Waals surface area contributed by atoms with Crippen molar-refractivity contribution in [3.63, 3.8) is 0 Å². The van der Waals surface area contributed by atoms with Crippen LogP contribution in [0.2, 0.25) is 0 Å². The predicted molar refractivity (Wildman–Crippen MR) is 71.0 cm³/mol. The normalized spacial score (nSPS) is 17.3. The number of carbonyl (C=O) groups excluding carboxylic acids is 1. The Morgan fingerprint density at radius 2 is 2.05 bits per heavy atom. The number of amides is 1. The summed E-state index contributed by atoms with van der Waals surface area (Å²) in [6.07, 6.45) is -0.138. The molecule has 2 heterocycles. The van der Waals surface area contributed by atoms with Gasteiger partial charge in [-0.1, -0.05) is 12.1 Å². The lowest BCUT2D eigenvalue weighted by Crippen LogP contribution is -2.32. The number of hydrogen-bond acceptors (Lipinski definition) is 3. The molecule has 1 atom stereocenters. The van der Waals surface area contributed by atoms with E-state index in [1.165, 1.54) is 12.1 Å². The zero-order valence-corrected chi connectivity index (χ0v) is 11.0. The molecule has 0 spiro atoms. The standard InChI is InChI=1S/C14H11F2N3O2/c1-6-17-13-11(14(21)18-6)8(5-10(20)19-13)7-3-2-4-9(15)12(7)16/h2-4,8H,5H2,1H3,(H2,17,18,19,20,21)/t8-/m0/s1. The van der Waals surface area contributed by atoms with Gasteiger partial charge in [0.15, 0.2) is 11.6 Å². The molecule has 1 aromatic heterocycles. The maximum Gasteiger partial charge on any atom is 0.256 e. The van der Waals surface area contributed by atoms with Crippen LogP contribution in [0.4, 0.5) is 14.6 Å². The van der Waals surface area contributed by atoms with Crippen LogP contribution >= 0.6 is 0 Å². The maximum atomic E-state index is 14.0. The molecule has 2 aromatic rings. The SMILES string of the molecule is Cc1nc2c(c(=O)[nH]1)[C@H](c1cccc(F)c1F)CC(=O)N2. The molecule has 0 saturated carbocycles. The number of nitrogens with zero attached hydrogens (tertiary/aromatic N) is 1. The highest BCUT2D eigenvalue weighted by Gasteiger charge is 2.32. The molecule has 0 unspecified atom stereocenters. The van der Waals surface area contributed by atoms with Crippen molar-refractivity contribution in [1.82, 2.24) is 9.97 Å². The first-order valence-electron chi connectivity index (χ1n) is 6.32. The molecule has 0 bridgehead atoms. The Kier molecular flexibility index (Phi) is 3.04. The second-order valence-electron chi connectivity index (χ2n) is 4.86. The molecule has 0 fully saturated rings. The summed E-state index contributed by atoms with van der Waals surface area (Å²) in [5.74, 6) is -2.89. The van der Waals surface area contributed by atoms with Crippen molar-refractivity contribution in [2.75, 3.05) is 5.32 Å². The quantitative estimate of drug-likeness (QED) is 0.841. The van der Waals surface area contributed by atoms with Gasteiger partial charge in [-0.15, -0.1) is 0 Å². The summed E-state index contributed by atoms with van der Waals surface area (Å²) < 4.78 is 27.4. The van der Waals surface area contributed by atoms with Crippen LogP contribution in [-0.4, -0.2) is 15.9 Å². The number of rotatable bonds is 1. The fourth-order valence-electron chi connectivity index (χ4n) is 2.54. The number of benzene rings is 1. The number of carbonyl (C=O) groups is 1. The molecular weight excluding hydrogens is 280 g/mol.